The van der Waals surface area contributed by atoms with Crippen molar-refractivity contribution in [2.24, 2.45) is 12.0 Å². The highest BCUT2D eigenvalue weighted by Gasteiger charge is 2.10. The van der Waals surface area contributed by atoms with E-state index in [0.29, 0.717) is 6.54 Å². The monoisotopic (exact) mass is 339 g/mol. The first-order chi connectivity index (χ1) is 10.5. The van der Waals surface area contributed by atoms with Gasteiger partial charge in [0.1, 0.15) is 0 Å². The van der Waals surface area contributed by atoms with Crippen molar-refractivity contribution in [3.05, 3.63) is 39.1 Å². The summed E-state index contributed by atoms with van der Waals surface area (Å²) in [6.45, 7) is 6.32. The predicted octanol–water partition coefficient (Wildman–Crippen LogP) is 3.04. The van der Waals surface area contributed by atoms with Crippen molar-refractivity contribution in [2.75, 3.05) is 13.6 Å². The van der Waals surface area contributed by atoms with Crippen molar-refractivity contribution in [1.29, 1.82) is 0 Å². The van der Waals surface area contributed by atoms with Crippen molar-refractivity contribution in [1.82, 2.24) is 19.8 Å². The zero-order chi connectivity index (χ0) is 16.1. The van der Waals surface area contributed by atoms with Gasteiger partial charge in [-0.2, -0.15) is 0 Å². The van der Waals surface area contributed by atoms with Crippen LogP contribution in [0.3, 0.4) is 0 Å². The van der Waals surface area contributed by atoms with E-state index in [0.717, 1.165) is 35.5 Å². The molecule has 2 rings (SSSR count). The van der Waals surface area contributed by atoms with Gasteiger partial charge in [-0.1, -0.05) is 11.6 Å². The molecule has 2 aromatic rings. The second-order valence-electron chi connectivity index (χ2n) is 5.15. The predicted molar refractivity (Wildman–Crippen MR) is 93.6 cm³/mol. The molecular formula is C15H22ClN5S. The second kappa shape index (κ2) is 7.65. The molecule has 7 heteroatoms. The maximum Gasteiger partial charge on any atom is 0.194 e. The van der Waals surface area contributed by atoms with Crippen LogP contribution in [0.2, 0.25) is 5.02 Å². The third kappa shape index (κ3) is 4.24. The Balaban J connectivity index is 2.09. The molecule has 0 fully saturated rings. The molecule has 0 aliphatic carbocycles. The lowest BCUT2D eigenvalue weighted by atomic mass is 10.4. The van der Waals surface area contributed by atoms with Crippen LogP contribution in [-0.2, 0) is 20.1 Å². The van der Waals surface area contributed by atoms with Crippen molar-refractivity contribution in [2.45, 2.75) is 26.9 Å². The summed E-state index contributed by atoms with van der Waals surface area (Å²) in [6, 6.07) is 1.98. The zero-order valence-electron chi connectivity index (χ0n) is 13.4. The normalized spacial score (nSPS) is 11.8. The maximum absolute atomic E-state index is 6.05. The number of rotatable bonds is 5. The molecule has 0 aliphatic heterocycles. The van der Waals surface area contributed by atoms with Crippen LogP contribution in [0.5, 0.6) is 0 Å². The summed E-state index contributed by atoms with van der Waals surface area (Å²) >= 11 is 7.69. The number of aromatic nitrogens is 2. The van der Waals surface area contributed by atoms with Crippen LogP contribution >= 0.6 is 22.9 Å². The number of nitrogens with one attached hydrogen (secondary N) is 1. The Morgan fingerprint density at radius 2 is 2.32 bits per heavy atom. The molecule has 5 nitrogen and oxygen atoms in total. The van der Waals surface area contributed by atoms with Gasteiger partial charge in [0.2, 0.25) is 0 Å². The minimum atomic E-state index is 0.650. The third-order valence-electron chi connectivity index (χ3n) is 3.39. The lowest BCUT2D eigenvalue weighted by molar-refractivity contribution is 0.462. The summed E-state index contributed by atoms with van der Waals surface area (Å²) in [4.78, 5) is 12.3. The van der Waals surface area contributed by atoms with Gasteiger partial charge in [0.15, 0.2) is 5.96 Å². The van der Waals surface area contributed by atoms with Crippen LogP contribution < -0.4 is 5.32 Å². The summed E-state index contributed by atoms with van der Waals surface area (Å²) in [6.07, 6.45) is 1.91. The molecule has 22 heavy (non-hydrogen) atoms. The third-order valence-corrected chi connectivity index (χ3v) is 4.51. The molecular weight excluding hydrogens is 318 g/mol. The molecule has 0 bridgehead atoms. The van der Waals surface area contributed by atoms with Gasteiger partial charge in [0.25, 0.3) is 0 Å². The Labute approximate surface area is 140 Å². The summed E-state index contributed by atoms with van der Waals surface area (Å²) in [5.74, 6) is 0.882. The molecule has 0 unspecified atom stereocenters. The fourth-order valence-electron chi connectivity index (χ4n) is 2.14. The second-order valence-corrected chi connectivity index (χ2v) is 6.52. The van der Waals surface area contributed by atoms with Crippen LogP contribution in [0.1, 0.15) is 23.2 Å². The highest BCUT2D eigenvalue weighted by Crippen LogP contribution is 2.15. The van der Waals surface area contributed by atoms with E-state index in [-0.39, 0.29) is 0 Å². The molecule has 0 saturated heterocycles. The van der Waals surface area contributed by atoms with Crippen LogP contribution in [0.4, 0.5) is 0 Å². The van der Waals surface area contributed by atoms with Crippen LogP contribution in [0.15, 0.2) is 22.8 Å². The summed E-state index contributed by atoms with van der Waals surface area (Å²) in [5, 5.41) is 4.09. The summed E-state index contributed by atoms with van der Waals surface area (Å²) < 4.78 is 2.04. The van der Waals surface area contributed by atoms with Gasteiger partial charge in [-0.25, -0.2) is 9.98 Å². The first kappa shape index (κ1) is 16.8. The molecule has 0 saturated carbocycles. The Hall–Kier alpha value is -1.53. The van der Waals surface area contributed by atoms with Gasteiger partial charge in [-0.3, -0.25) is 0 Å². The van der Waals surface area contributed by atoms with E-state index in [4.69, 9.17) is 16.6 Å². The number of guanidine groups is 1. The number of nitrogens with zero attached hydrogens (tertiary/aromatic N) is 4. The van der Waals surface area contributed by atoms with Crippen LogP contribution in [-0.4, -0.2) is 34.0 Å². The van der Waals surface area contributed by atoms with Gasteiger partial charge < -0.3 is 14.8 Å². The van der Waals surface area contributed by atoms with Crippen LogP contribution in [0, 0.1) is 6.92 Å². The van der Waals surface area contributed by atoms with Gasteiger partial charge in [-0.05, 0) is 19.9 Å². The first-order valence-electron chi connectivity index (χ1n) is 7.20. The number of hydrogen-bond donors (Lipinski definition) is 1. The molecule has 2 aromatic heterocycles. The minimum Gasteiger partial charge on any atom is -0.357 e. The van der Waals surface area contributed by atoms with E-state index in [2.05, 4.69) is 22.1 Å². The van der Waals surface area contributed by atoms with Crippen molar-refractivity contribution in [3.63, 3.8) is 0 Å². The fraction of sp³-hybridized carbons (Fsp3) is 0.467. The number of aryl methyl sites for hydroxylation is 2. The molecule has 2 heterocycles. The zero-order valence-corrected chi connectivity index (χ0v) is 15.0. The molecule has 0 amide bonds. The highest BCUT2D eigenvalue weighted by molar-refractivity contribution is 7.09. The largest absolute Gasteiger partial charge is 0.357 e. The van der Waals surface area contributed by atoms with E-state index < -0.39 is 0 Å². The lowest BCUT2D eigenvalue weighted by Gasteiger charge is -2.22. The molecule has 1 N–H and O–H groups in total. The smallest absolute Gasteiger partial charge is 0.194 e. The molecule has 0 atom stereocenters. The van der Waals surface area contributed by atoms with Gasteiger partial charge in [0.05, 0.1) is 29.3 Å². The van der Waals surface area contributed by atoms with Gasteiger partial charge in [-0.15, -0.1) is 11.3 Å². The maximum atomic E-state index is 6.05. The van der Waals surface area contributed by atoms with Crippen molar-refractivity contribution >= 4 is 28.9 Å². The van der Waals surface area contributed by atoms with Gasteiger partial charge >= 0.3 is 0 Å². The van der Waals surface area contributed by atoms with Gasteiger partial charge in [0, 0.05) is 37.4 Å². The van der Waals surface area contributed by atoms with E-state index in [9.17, 15) is 0 Å². The molecule has 0 spiro atoms. The van der Waals surface area contributed by atoms with Crippen molar-refractivity contribution in [3.8, 4) is 0 Å². The Morgan fingerprint density at radius 1 is 1.55 bits per heavy atom. The first-order valence-corrected chi connectivity index (χ1v) is 8.46. The van der Waals surface area contributed by atoms with Crippen LogP contribution in [0.25, 0.3) is 0 Å². The number of thiazole rings is 1. The number of aliphatic imine (C=N–C) groups is 1. The van der Waals surface area contributed by atoms with E-state index in [1.165, 1.54) is 4.88 Å². The average molecular weight is 340 g/mol. The highest BCUT2D eigenvalue weighted by atomic mass is 35.5. The average Bonchev–Trinajstić information content (AvgIpc) is 3.00. The molecule has 0 aliphatic rings. The molecule has 120 valence electrons. The SMILES string of the molecule is CCNC(=NCc1scnc1C)N(C)Cc1cc(Cl)cn1C. The standard InChI is InChI=1S/C15H22ClN5S/c1-5-17-15(18-7-14-11(2)19-10-22-14)21(4)9-13-6-12(16)8-20(13)3/h6,8,10H,5,7,9H2,1-4H3,(H,17,18). The minimum absolute atomic E-state index is 0.650. The lowest BCUT2D eigenvalue weighted by Crippen LogP contribution is -2.38. The Bertz CT molecular complexity index is 646. The van der Waals surface area contributed by atoms with E-state index >= 15 is 0 Å². The number of halogens is 1. The number of hydrogen-bond acceptors (Lipinski definition) is 3. The van der Waals surface area contributed by atoms with E-state index in [1.54, 1.807) is 11.3 Å². The summed E-state index contributed by atoms with van der Waals surface area (Å²) in [7, 11) is 4.03. The van der Waals surface area contributed by atoms with Crippen molar-refractivity contribution < 1.29 is 0 Å². The van der Waals surface area contributed by atoms with E-state index in [1.807, 2.05) is 43.4 Å². The topological polar surface area (TPSA) is 45.5 Å². The fourth-order valence-corrected chi connectivity index (χ4v) is 3.11. The summed E-state index contributed by atoms with van der Waals surface area (Å²) in [5.41, 5.74) is 4.07. The quantitative estimate of drug-likeness (QED) is 0.672. The molecule has 0 radical (unpaired) electrons. The molecule has 0 aromatic carbocycles. The Kier molecular flexibility index (Phi) is 5.85. The Morgan fingerprint density at radius 3 is 2.86 bits per heavy atom.